The number of nitrogens with one attached hydrogen (secondary N) is 2. The van der Waals surface area contributed by atoms with Crippen molar-refractivity contribution in [3.63, 3.8) is 0 Å². The van der Waals surface area contributed by atoms with Crippen molar-refractivity contribution in [1.82, 2.24) is 0 Å². The molecule has 0 aromatic heterocycles. The zero-order valence-corrected chi connectivity index (χ0v) is 18.6. The third-order valence-corrected chi connectivity index (χ3v) is 6.73. The number of hydrogen-bond acceptors (Lipinski definition) is 5. The standard InChI is InChI=1S/C22H22N2O5S2/c1-17-8-13-21(31(27,28)23-19-9-11-20(29-2)12-10-19)16-22(17)24-30(25,26)15-14-18-6-4-3-5-7-18/h3-16,23-24H,1-2H3/b15-14+. The summed E-state index contributed by atoms with van der Waals surface area (Å²) >= 11 is 0. The van der Waals surface area contributed by atoms with Gasteiger partial charge in [0.05, 0.1) is 23.1 Å². The average Bonchev–Trinajstić information content (AvgIpc) is 2.75. The van der Waals surface area contributed by atoms with E-state index in [9.17, 15) is 16.8 Å². The van der Waals surface area contributed by atoms with Crippen molar-refractivity contribution < 1.29 is 21.6 Å². The molecule has 0 radical (unpaired) electrons. The Hall–Kier alpha value is -3.30. The first-order valence-electron chi connectivity index (χ1n) is 9.22. The van der Waals surface area contributed by atoms with E-state index in [2.05, 4.69) is 9.44 Å². The predicted molar refractivity (Wildman–Crippen MR) is 123 cm³/mol. The highest BCUT2D eigenvalue weighted by Crippen LogP contribution is 2.24. The first-order chi connectivity index (χ1) is 14.7. The lowest BCUT2D eigenvalue weighted by Gasteiger charge is -2.12. The summed E-state index contributed by atoms with van der Waals surface area (Å²) in [5.41, 5.74) is 1.84. The second-order valence-corrected chi connectivity index (χ2v) is 9.92. The van der Waals surface area contributed by atoms with Crippen molar-refractivity contribution in [3.05, 3.63) is 89.3 Å². The van der Waals surface area contributed by atoms with Crippen LogP contribution in [0.2, 0.25) is 0 Å². The molecule has 0 fully saturated rings. The van der Waals surface area contributed by atoms with Gasteiger partial charge in [-0.2, -0.15) is 0 Å². The molecule has 0 unspecified atom stereocenters. The van der Waals surface area contributed by atoms with Gasteiger partial charge in [-0.05, 0) is 60.5 Å². The van der Waals surface area contributed by atoms with Crippen molar-refractivity contribution in [2.75, 3.05) is 16.6 Å². The molecule has 162 valence electrons. The molecule has 0 heterocycles. The van der Waals surface area contributed by atoms with Gasteiger partial charge in [0.2, 0.25) is 0 Å². The van der Waals surface area contributed by atoms with E-state index in [1.807, 2.05) is 6.07 Å². The molecule has 3 aromatic rings. The van der Waals surface area contributed by atoms with Crippen molar-refractivity contribution in [2.45, 2.75) is 11.8 Å². The highest BCUT2D eigenvalue weighted by atomic mass is 32.2. The Morgan fingerprint density at radius 3 is 2.16 bits per heavy atom. The van der Waals surface area contributed by atoms with Crippen LogP contribution in [0.4, 0.5) is 11.4 Å². The molecule has 2 N–H and O–H groups in total. The molecule has 0 bridgehead atoms. The van der Waals surface area contributed by atoms with E-state index in [0.717, 1.165) is 11.0 Å². The molecule has 0 amide bonds. The third kappa shape index (κ3) is 6.09. The third-order valence-electron chi connectivity index (χ3n) is 4.35. The second-order valence-electron chi connectivity index (χ2n) is 6.67. The van der Waals surface area contributed by atoms with E-state index < -0.39 is 20.0 Å². The predicted octanol–water partition coefficient (Wildman–Crippen LogP) is 4.22. The van der Waals surface area contributed by atoms with Gasteiger partial charge >= 0.3 is 0 Å². The highest BCUT2D eigenvalue weighted by Gasteiger charge is 2.17. The quantitative estimate of drug-likeness (QED) is 0.526. The van der Waals surface area contributed by atoms with Gasteiger partial charge in [-0.25, -0.2) is 16.8 Å². The number of rotatable bonds is 8. The molecule has 3 rings (SSSR count). The molecule has 9 heteroatoms. The summed E-state index contributed by atoms with van der Waals surface area (Å²) < 4.78 is 60.4. The van der Waals surface area contributed by atoms with Crippen LogP contribution in [-0.4, -0.2) is 23.9 Å². The topological polar surface area (TPSA) is 102 Å². The Morgan fingerprint density at radius 2 is 1.52 bits per heavy atom. The number of benzene rings is 3. The number of sulfonamides is 2. The summed E-state index contributed by atoms with van der Waals surface area (Å²) in [5.74, 6) is 0.596. The maximum atomic E-state index is 12.8. The minimum Gasteiger partial charge on any atom is -0.497 e. The van der Waals surface area contributed by atoms with E-state index >= 15 is 0 Å². The van der Waals surface area contributed by atoms with Gasteiger partial charge in [0.15, 0.2) is 0 Å². The van der Waals surface area contributed by atoms with Crippen molar-refractivity contribution in [1.29, 1.82) is 0 Å². The van der Waals surface area contributed by atoms with Crippen LogP contribution < -0.4 is 14.2 Å². The summed E-state index contributed by atoms with van der Waals surface area (Å²) in [4.78, 5) is -0.0707. The zero-order chi connectivity index (χ0) is 22.5. The largest absolute Gasteiger partial charge is 0.497 e. The Balaban J connectivity index is 1.82. The van der Waals surface area contributed by atoms with E-state index in [0.29, 0.717) is 17.0 Å². The number of ether oxygens (including phenoxy) is 1. The number of hydrogen-bond donors (Lipinski definition) is 2. The van der Waals surface area contributed by atoms with E-state index in [1.54, 1.807) is 61.5 Å². The van der Waals surface area contributed by atoms with Gasteiger partial charge in [0.1, 0.15) is 5.75 Å². The summed E-state index contributed by atoms with van der Waals surface area (Å²) in [5, 5.41) is 1.04. The number of anilines is 2. The fraction of sp³-hybridized carbons (Fsp3) is 0.0909. The smallest absolute Gasteiger partial charge is 0.261 e. The van der Waals surface area contributed by atoms with Gasteiger partial charge in [-0.15, -0.1) is 0 Å². The monoisotopic (exact) mass is 458 g/mol. The minimum absolute atomic E-state index is 0.0707. The highest BCUT2D eigenvalue weighted by molar-refractivity contribution is 7.95. The Bertz CT molecular complexity index is 1290. The van der Waals surface area contributed by atoms with Crippen LogP contribution in [0.1, 0.15) is 11.1 Å². The minimum atomic E-state index is -3.93. The fourth-order valence-corrected chi connectivity index (χ4v) is 4.69. The van der Waals surface area contributed by atoms with E-state index in [-0.39, 0.29) is 10.6 Å². The molecule has 0 aliphatic heterocycles. The van der Waals surface area contributed by atoms with Crippen molar-refractivity contribution in [2.24, 2.45) is 0 Å². The van der Waals surface area contributed by atoms with Gasteiger partial charge in [0.25, 0.3) is 20.0 Å². The van der Waals surface area contributed by atoms with Crippen LogP contribution >= 0.6 is 0 Å². The molecular formula is C22H22N2O5S2. The second kappa shape index (κ2) is 9.23. The molecule has 0 saturated heterocycles. The Labute approximate surface area is 182 Å². The van der Waals surface area contributed by atoms with Gasteiger partial charge in [-0.1, -0.05) is 36.4 Å². The number of methoxy groups -OCH3 is 1. The van der Waals surface area contributed by atoms with Gasteiger partial charge < -0.3 is 4.74 Å². The lowest BCUT2D eigenvalue weighted by atomic mass is 10.2. The zero-order valence-electron chi connectivity index (χ0n) is 16.9. The average molecular weight is 459 g/mol. The summed E-state index contributed by atoms with van der Waals surface area (Å²) in [7, 11) is -6.25. The molecule has 0 spiro atoms. The van der Waals surface area contributed by atoms with Crippen LogP contribution in [0, 0.1) is 6.92 Å². The van der Waals surface area contributed by atoms with Crippen LogP contribution in [0.3, 0.4) is 0 Å². The normalized spacial score (nSPS) is 11.9. The molecule has 3 aromatic carbocycles. The lowest BCUT2D eigenvalue weighted by molar-refractivity contribution is 0.415. The first kappa shape index (κ1) is 22.4. The van der Waals surface area contributed by atoms with Crippen LogP contribution in [-0.2, 0) is 20.0 Å². The van der Waals surface area contributed by atoms with Crippen LogP contribution in [0.5, 0.6) is 5.75 Å². The number of aryl methyl sites for hydroxylation is 1. The molecule has 0 atom stereocenters. The Morgan fingerprint density at radius 1 is 0.839 bits per heavy atom. The molecule has 7 nitrogen and oxygen atoms in total. The first-order valence-corrected chi connectivity index (χ1v) is 12.2. The van der Waals surface area contributed by atoms with Gasteiger partial charge in [0, 0.05) is 5.69 Å². The van der Waals surface area contributed by atoms with Crippen molar-refractivity contribution in [3.8, 4) is 5.75 Å². The van der Waals surface area contributed by atoms with E-state index in [4.69, 9.17) is 4.74 Å². The SMILES string of the molecule is COc1ccc(NS(=O)(=O)c2ccc(C)c(NS(=O)(=O)/C=C/c3ccccc3)c2)cc1. The molecule has 0 aliphatic rings. The van der Waals surface area contributed by atoms with Crippen LogP contribution in [0.15, 0.2) is 83.1 Å². The maximum absolute atomic E-state index is 12.8. The molecule has 0 saturated carbocycles. The van der Waals surface area contributed by atoms with Gasteiger partial charge in [-0.3, -0.25) is 9.44 Å². The molecule has 0 aliphatic carbocycles. The summed E-state index contributed by atoms with van der Waals surface area (Å²) in [6.07, 6.45) is 1.46. The molecule has 31 heavy (non-hydrogen) atoms. The maximum Gasteiger partial charge on any atom is 0.261 e. The van der Waals surface area contributed by atoms with Crippen LogP contribution in [0.25, 0.3) is 6.08 Å². The van der Waals surface area contributed by atoms with Crippen molar-refractivity contribution >= 4 is 37.5 Å². The molecular weight excluding hydrogens is 436 g/mol. The fourth-order valence-electron chi connectivity index (χ4n) is 2.67. The Kier molecular flexibility index (Phi) is 6.67. The summed E-state index contributed by atoms with van der Waals surface area (Å²) in [6, 6.07) is 19.6. The summed E-state index contributed by atoms with van der Waals surface area (Å²) in [6.45, 7) is 1.69. The van der Waals surface area contributed by atoms with E-state index in [1.165, 1.54) is 25.3 Å². The lowest BCUT2D eigenvalue weighted by Crippen LogP contribution is -2.15.